The topological polar surface area (TPSA) is 57.5 Å². The minimum absolute atomic E-state index is 0. The Morgan fingerprint density at radius 1 is 0.593 bits per heavy atom. The zero-order valence-corrected chi connectivity index (χ0v) is 37.3. The number of rotatable bonds is 22. The molecule has 0 heterocycles. The number of carboxylic acid groups (broad SMARTS) is 1. The largest absolute Gasteiger partial charge is 0.527 e. The maximum atomic E-state index is 10.7. The number of unbranched alkanes of at least 4 members (excludes halogenated alkanes) is 21. The average Bonchev–Trinajstić information content (AvgIpc) is 3.17. The van der Waals surface area contributed by atoms with Crippen molar-refractivity contribution in [2.75, 3.05) is 0 Å². The van der Waals surface area contributed by atoms with E-state index in [0.29, 0.717) is 5.39 Å². The molecule has 0 fully saturated rings. The number of hydrogen-bond donors (Lipinski definition) is 2. The standard InChI is InChI=1S/C11H7O3.3C10H21.C6H5.C3H7.Ti/c12-10-6-8-4-2-1-3-7(8)5-9(10)11(13)14;3*1-3-5-7-9-10-8-6-4-2;1-2-4-6-5-3-1;1-3-2;/h1-5,12H,(H,13,14);3*1,3-10H2,2H3;1-5H;3H,1-2H3;/q6*-1;. The molecule has 0 atom stereocenters. The normalized spacial score (nSPS) is 9.56. The number of carboxylic acids is 1. The second kappa shape index (κ2) is 50.9. The van der Waals surface area contributed by atoms with Gasteiger partial charge in [-0.25, -0.2) is 0 Å². The molecule has 0 aliphatic carbocycles. The SMILES string of the molecule is C[CH-]C.O=C(O)c1cc2ccccc2[c-]c1O.[CH2-]CCCCCCCCC.[CH2-]CCCCCCCCC.[CH2-]CCCCCCCCC.[Ti].[c-]1ccccc1. The van der Waals surface area contributed by atoms with Crippen LogP contribution in [0.5, 0.6) is 5.75 Å². The van der Waals surface area contributed by atoms with Crippen LogP contribution in [-0.4, -0.2) is 16.2 Å². The van der Waals surface area contributed by atoms with Crippen molar-refractivity contribution < 1.29 is 36.7 Å². The van der Waals surface area contributed by atoms with Gasteiger partial charge in [-0.3, -0.25) is 4.79 Å². The molecule has 3 rings (SSSR count). The Balaban J connectivity index is -0.000000288. The molecule has 54 heavy (non-hydrogen) atoms. The Morgan fingerprint density at radius 2 is 0.944 bits per heavy atom. The van der Waals surface area contributed by atoms with Crippen LogP contribution in [0.25, 0.3) is 10.8 Å². The number of fused-ring (bicyclic) bond motifs is 1. The molecule has 310 valence electrons. The molecule has 0 radical (unpaired) electrons. The molecular formula is C50H82O3Ti-6. The minimum Gasteiger partial charge on any atom is -0.527 e. The zero-order chi connectivity index (χ0) is 40.0. The summed E-state index contributed by atoms with van der Waals surface area (Å²) in [5, 5.41) is 19.5. The van der Waals surface area contributed by atoms with Crippen molar-refractivity contribution in [1.29, 1.82) is 0 Å². The summed E-state index contributed by atoms with van der Waals surface area (Å²) in [6.45, 7) is 22.2. The third-order valence-electron chi connectivity index (χ3n) is 8.17. The first-order valence-electron chi connectivity index (χ1n) is 21.2. The molecule has 0 aliphatic heterocycles. The third kappa shape index (κ3) is 44.3. The monoisotopic (exact) mass is 779 g/mol. The van der Waals surface area contributed by atoms with E-state index in [2.05, 4.69) is 53.7 Å². The molecule has 0 aliphatic rings. The van der Waals surface area contributed by atoms with Gasteiger partial charge in [0.05, 0.1) is 0 Å². The van der Waals surface area contributed by atoms with Gasteiger partial charge >= 0.3 is 0 Å². The fraction of sp³-hybridized carbons (Fsp3) is 0.580. The van der Waals surface area contributed by atoms with Crippen LogP contribution < -0.4 is 0 Å². The van der Waals surface area contributed by atoms with Gasteiger partial charge in [0.1, 0.15) is 0 Å². The predicted molar refractivity (Wildman–Crippen MR) is 236 cm³/mol. The molecule has 0 saturated heterocycles. The fourth-order valence-electron chi connectivity index (χ4n) is 5.06. The molecule has 0 saturated carbocycles. The first-order chi connectivity index (χ1) is 25.8. The second-order valence-corrected chi connectivity index (χ2v) is 13.5. The maximum Gasteiger partial charge on any atom is 0.296 e. The molecule has 0 spiro atoms. The van der Waals surface area contributed by atoms with Crippen LogP contribution in [0.2, 0.25) is 0 Å². The molecule has 4 heteroatoms. The summed E-state index contributed by atoms with van der Waals surface area (Å²) in [7, 11) is 0. The first kappa shape index (κ1) is 58.6. The van der Waals surface area contributed by atoms with E-state index < -0.39 is 5.97 Å². The molecule has 3 aromatic rings. The Morgan fingerprint density at radius 3 is 1.24 bits per heavy atom. The van der Waals surface area contributed by atoms with Crippen molar-refractivity contribution in [2.45, 2.75) is 189 Å². The molecule has 3 nitrogen and oxygen atoms in total. The minimum atomic E-state index is -1.15. The number of hydrogen-bond acceptors (Lipinski definition) is 2. The summed E-state index contributed by atoms with van der Waals surface area (Å²) in [4.78, 5) is 10.7. The number of carbonyl (C=O) groups is 1. The van der Waals surface area contributed by atoms with Gasteiger partial charge in [-0.05, 0) is 0 Å². The van der Waals surface area contributed by atoms with Crippen LogP contribution in [0.1, 0.15) is 199 Å². The summed E-state index contributed by atoms with van der Waals surface area (Å²) in [5.41, 5.74) is -0.122. The van der Waals surface area contributed by atoms with E-state index in [-0.39, 0.29) is 33.0 Å². The molecule has 0 aromatic heterocycles. The summed E-state index contributed by atoms with van der Waals surface area (Å²) < 4.78 is 0. The van der Waals surface area contributed by atoms with Gasteiger partial charge in [-0.2, -0.15) is 69.5 Å². The van der Waals surface area contributed by atoms with Crippen molar-refractivity contribution in [3.05, 3.63) is 106 Å². The van der Waals surface area contributed by atoms with E-state index in [0.717, 1.165) is 24.6 Å². The van der Waals surface area contributed by atoms with E-state index in [4.69, 9.17) is 5.11 Å². The van der Waals surface area contributed by atoms with Crippen molar-refractivity contribution >= 4 is 16.7 Å². The van der Waals surface area contributed by atoms with Gasteiger partial charge in [-0.15, -0.1) is 29.0 Å². The smallest absolute Gasteiger partial charge is 0.296 e. The van der Waals surface area contributed by atoms with Crippen LogP contribution in [0.4, 0.5) is 0 Å². The number of benzene rings is 3. The predicted octanol–water partition coefficient (Wildman–Crippen LogP) is 16.6. The maximum absolute atomic E-state index is 10.7. The molecule has 0 amide bonds. The van der Waals surface area contributed by atoms with Gasteiger partial charge in [0.25, 0.3) is 5.97 Å². The summed E-state index contributed by atoms with van der Waals surface area (Å²) >= 11 is 0. The Kier molecular flexibility index (Phi) is 55.2. The molecule has 0 unspecified atom stereocenters. The van der Waals surface area contributed by atoms with Crippen LogP contribution in [-0.2, 0) is 21.7 Å². The van der Waals surface area contributed by atoms with E-state index >= 15 is 0 Å². The molecular weight excluding hydrogens is 696 g/mol. The average molecular weight is 779 g/mol. The van der Waals surface area contributed by atoms with Crippen molar-refractivity contribution in [3.8, 4) is 5.75 Å². The number of aromatic carboxylic acids is 1. The molecule has 2 N–H and O–H groups in total. The van der Waals surface area contributed by atoms with Crippen molar-refractivity contribution in [2.24, 2.45) is 0 Å². The van der Waals surface area contributed by atoms with Gasteiger partial charge in [0.15, 0.2) is 0 Å². The Bertz CT molecular complexity index is 1010. The van der Waals surface area contributed by atoms with Crippen LogP contribution >= 0.6 is 0 Å². The van der Waals surface area contributed by atoms with E-state index in [1.54, 1.807) is 24.3 Å². The quantitative estimate of drug-likeness (QED) is 0.0607. The third-order valence-corrected chi connectivity index (χ3v) is 8.17. The zero-order valence-electron chi connectivity index (χ0n) is 35.7. The Hall–Kier alpha value is -2.10. The summed E-state index contributed by atoms with van der Waals surface area (Å²) in [6, 6.07) is 23.7. The van der Waals surface area contributed by atoms with E-state index in [9.17, 15) is 9.90 Å². The van der Waals surface area contributed by atoms with Gasteiger partial charge in [0.2, 0.25) is 0 Å². The van der Waals surface area contributed by atoms with Crippen molar-refractivity contribution in [3.63, 3.8) is 0 Å². The van der Waals surface area contributed by atoms with Gasteiger partial charge in [-0.1, -0.05) is 174 Å². The van der Waals surface area contributed by atoms with Crippen LogP contribution in [0.15, 0.2) is 60.7 Å². The summed E-state index contributed by atoms with van der Waals surface area (Å²) in [6.07, 6.45) is 34.8. The first-order valence-corrected chi connectivity index (χ1v) is 21.2. The van der Waals surface area contributed by atoms with Gasteiger partial charge < -0.3 is 37.4 Å². The number of phenols is 1. The van der Waals surface area contributed by atoms with Crippen LogP contribution in [0, 0.1) is 39.3 Å². The van der Waals surface area contributed by atoms with Gasteiger partial charge in [0, 0.05) is 33.0 Å². The van der Waals surface area contributed by atoms with E-state index in [1.165, 1.54) is 141 Å². The van der Waals surface area contributed by atoms with E-state index in [1.807, 2.05) is 50.6 Å². The second-order valence-electron chi connectivity index (χ2n) is 13.5. The fourth-order valence-corrected chi connectivity index (χ4v) is 5.06. The molecule has 0 bridgehead atoms. The van der Waals surface area contributed by atoms with Crippen molar-refractivity contribution in [1.82, 2.24) is 0 Å². The Labute approximate surface area is 351 Å². The summed E-state index contributed by atoms with van der Waals surface area (Å²) in [5.74, 6) is -1.47. The number of aromatic hydroxyl groups is 1. The van der Waals surface area contributed by atoms with Crippen LogP contribution in [0.3, 0.4) is 0 Å². The molecule has 3 aromatic carbocycles.